The first-order chi connectivity index (χ1) is 30.3. The van der Waals surface area contributed by atoms with Crippen LogP contribution in [0.4, 0.5) is 0 Å². The lowest BCUT2D eigenvalue weighted by atomic mass is 9.34. The predicted molar refractivity (Wildman–Crippen MR) is 229 cm³/mol. The lowest BCUT2D eigenvalue weighted by molar-refractivity contribution is -0.377. The summed E-state index contributed by atoms with van der Waals surface area (Å²) in [5.41, 5.74) is -2.41. The number of hydrogen-bond acceptors (Lipinski definition) is 18. The van der Waals surface area contributed by atoms with Gasteiger partial charge in [0.15, 0.2) is 18.9 Å². The van der Waals surface area contributed by atoms with Crippen molar-refractivity contribution >= 4 is 0 Å². The van der Waals surface area contributed by atoms with Gasteiger partial charge in [-0.2, -0.15) is 0 Å². The quantitative estimate of drug-likeness (QED) is 0.0874. The highest BCUT2D eigenvalue weighted by Crippen LogP contribution is 2.76. The fourth-order valence-electron chi connectivity index (χ4n) is 14.6. The van der Waals surface area contributed by atoms with Crippen LogP contribution in [0.15, 0.2) is 11.6 Å². The van der Waals surface area contributed by atoms with E-state index in [0.717, 1.165) is 5.57 Å². The van der Waals surface area contributed by atoms with Crippen LogP contribution in [0, 0.1) is 45.3 Å². The summed E-state index contributed by atoms with van der Waals surface area (Å²) in [7, 11) is 0. The maximum Gasteiger partial charge on any atom is 0.187 e. The van der Waals surface area contributed by atoms with E-state index in [-0.39, 0.29) is 30.3 Å². The Morgan fingerprint density at radius 2 is 1.31 bits per heavy atom. The van der Waals surface area contributed by atoms with Gasteiger partial charge in [-0.25, -0.2) is 0 Å². The van der Waals surface area contributed by atoms with Gasteiger partial charge in [-0.05, 0) is 117 Å². The second-order valence-corrected chi connectivity index (χ2v) is 22.6. The van der Waals surface area contributed by atoms with Crippen LogP contribution >= 0.6 is 0 Å². The molecule has 4 saturated carbocycles. The second kappa shape index (κ2) is 19.0. The van der Waals surface area contributed by atoms with Crippen molar-refractivity contribution in [3.05, 3.63) is 11.6 Å². The van der Waals surface area contributed by atoms with Crippen molar-refractivity contribution in [1.82, 2.24) is 0 Å². The molecule has 7 fully saturated rings. The van der Waals surface area contributed by atoms with E-state index >= 15 is 0 Å². The van der Waals surface area contributed by atoms with Crippen LogP contribution in [-0.2, 0) is 28.4 Å². The van der Waals surface area contributed by atoms with E-state index in [2.05, 4.69) is 26.8 Å². The van der Waals surface area contributed by atoms with Gasteiger partial charge >= 0.3 is 0 Å². The predicted octanol–water partition coefficient (Wildman–Crippen LogP) is -0.417. The minimum atomic E-state index is -1.73. The maximum absolute atomic E-state index is 12.7. The highest BCUT2D eigenvalue weighted by Gasteiger charge is 2.74. The Morgan fingerprint density at radius 1 is 0.692 bits per heavy atom. The molecular weight excluding hydrogens is 852 g/mol. The summed E-state index contributed by atoms with van der Waals surface area (Å²) in [6, 6.07) is 0. The molecule has 18 nitrogen and oxygen atoms in total. The summed E-state index contributed by atoms with van der Waals surface area (Å²) in [6.45, 7) is 15.0. The first-order valence-electron chi connectivity index (χ1n) is 23.9. The molecule has 0 unspecified atom stereocenters. The van der Waals surface area contributed by atoms with Gasteiger partial charge in [0.1, 0.15) is 67.1 Å². The number of fused-ring (bicyclic) bond motifs is 5. The Balaban J connectivity index is 1.27. The highest BCUT2D eigenvalue weighted by atomic mass is 16.8. The van der Waals surface area contributed by atoms with E-state index in [0.29, 0.717) is 51.4 Å². The molecule has 0 aromatic rings. The highest BCUT2D eigenvalue weighted by molar-refractivity contribution is 5.22. The summed E-state index contributed by atoms with van der Waals surface area (Å²) in [5, 5.41) is 131. The van der Waals surface area contributed by atoms with Crippen LogP contribution in [0.5, 0.6) is 0 Å². The van der Waals surface area contributed by atoms with Gasteiger partial charge in [0.2, 0.25) is 0 Å². The molecule has 12 N–H and O–H groups in total. The molecule has 3 saturated heterocycles. The second-order valence-electron chi connectivity index (χ2n) is 22.6. The summed E-state index contributed by atoms with van der Waals surface area (Å²) in [4.78, 5) is 0. The van der Waals surface area contributed by atoms with Crippen molar-refractivity contribution < 1.29 is 89.7 Å². The molecular formula is C47H80O18. The number of rotatable bonds is 12. The van der Waals surface area contributed by atoms with Crippen molar-refractivity contribution in [2.24, 2.45) is 45.3 Å². The smallest absolute Gasteiger partial charge is 0.187 e. The third-order valence-electron chi connectivity index (χ3n) is 18.3. The van der Waals surface area contributed by atoms with Gasteiger partial charge < -0.3 is 89.7 Å². The van der Waals surface area contributed by atoms with Crippen molar-refractivity contribution in [2.75, 3.05) is 19.8 Å². The van der Waals surface area contributed by atoms with E-state index in [1.807, 2.05) is 34.6 Å². The fourth-order valence-corrected chi connectivity index (χ4v) is 14.6. The molecule has 3 heterocycles. The molecule has 18 heteroatoms. The number of allylic oxidation sites excluding steroid dienone is 2. The van der Waals surface area contributed by atoms with Crippen LogP contribution in [-0.4, -0.2) is 191 Å². The topological polar surface area (TPSA) is 298 Å². The zero-order valence-corrected chi connectivity index (χ0v) is 39.3. The molecule has 0 amide bonds. The fraction of sp³-hybridized carbons (Fsp3) is 0.957. The summed E-state index contributed by atoms with van der Waals surface area (Å²) >= 11 is 0. The lowest BCUT2D eigenvalue weighted by Crippen LogP contribution is -2.71. The van der Waals surface area contributed by atoms with Crippen LogP contribution in [0.2, 0.25) is 0 Å². The van der Waals surface area contributed by atoms with Crippen molar-refractivity contribution in [2.45, 2.75) is 217 Å². The summed E-state index contributed by atoms with van der Waals surface area (Å²) < 4.78 is 37.7. The lowest BCUT2D eigenvalue weighted by Gasteiger charge is -2.72. The van der Waals surface area contributed by atoms with Crippen molar-refractivity contribution in [3.63, 3.8) is 0 Å². The Hall–Kier alpha value is -0.980. The number of aliphatic hydroxyl groups is 12. The van der Waals surface area contributed by atoms with Crippen LogP contribution in [0.1, 0.15) is 107 Å². The van der Waals surface area contributed by atoms with Gasteiger partial charge in [-0.1, -0.05) is 46.3 Å². The third-order valence-corrected chi connectivity index (χ3v) is 18.3. The monoisotopic (exact) mass is 933 g/mol. The zero-order valence-electron chi connectivity index (χ0n) is 39.3. The Bertz CT molecular complexity index is 1660. The SMILES string of the molecule is CC(C)=CCC[C@](C)(O[C@@H]1O[C@H](CO)[C@@H](O)[C@H](O)[C@H]1O)[C@H]1CC[C@]2(C)[C@@H]1[C@H](O)C[C@@H]1[C@@]3(C)CC[C@H](O)C(C)(C)[C@@H]3[C@@H](O[C@@H]3O[C@H](CO)[C@@H](O)[C@H](O)[C@H]3O[C@@H]3OC[C@H](O)[C@@H](O)[C@H]3O)C[C@]12C. The molecule has 0 spiro atoms. The maximum atomic E-state index is 12.7. The average molecular weight is 933 g/mol. The molecule has 65 heavy (non-hydrogen) atoms. The first-order valence-corrected chi connectivity index (χ1v) is 23.9. The largest absolute Gasteiger partial charge is 0.394 e. The Labute approximate surface area is 382 Å². The number of aliphatic hydroxyl groups excluding tert-OH is 12. The van der Waals surface area contributed by atoms with Crippen LogP contribution < -0.4 is 0 Å². The Morgan fingerprint density at radius 3 is 1.94 bits per heavy atom. The molecule has 3 aliphatic heterocycles. The van der Waals surface area contributed by atoms with Crippen molar-refractivity contribution in [3.8, 4) is 0 Å². The molecule has 0 aromatic carbocycles. The normalized spacial score (nSPS) is 53.0. The average Bonchev–Trinajstić information content (AvgIpc) is 3.63. The third kappa shape index (κ3) is 8.72. The van der Waals surface area contributed by atoms with Gasteiger partial charge in [-0.15, -0.1) is 0 Å². The molecule has 376 valence electrons. The van der Waals surface area contributed by atoms with Crippen molar-refractivity contribution in [1.29, 1.82) is 0 Å². The standard InChI is InChI=1S/C47H80O18/c1-21(2)10-9-13-47(8,65-41-37(59)34(56)32(54)26(18-48)62-41)22-11-15-45(6)30(22)23(50)16-28-44(5)14-12-29(52)43(3,4)39(44)25(17-46(28,45)7)61-42-38(35(57)33(55)27(19-49)63-42)64-40-36(58)31(53)24(51)20-60-40/h10,22-42,48-59H,9,11-20H2,1-8H3/t22-,23+,24-,25-,26+,27+,28+,29-,30-,31+,32+,33+,34-,35-,36+,37+,38+,39-,40-,41-,42+,44+,45+,46+,47-/m0/s1. The van der Waals surface area contributed by atoms with E-state index in [1.165, 1.54) is 0 Å². The van der Waals surface area contributed by atoms with E-state index in [1.54, 1.807) is 0 Å². The summed E-state index contributed by atoms with van der Waals surface area (Å²) in [5.74, 6) is -1.11. The molecule has 0 aromatic heterocycles. The van der Waals surface area contributed by atoms with E-state index in [9.17, 15) is 61.3 Å². The zero-order chi connectivity index (χ0) is 47.9. The summed E-state index contributed by atoms with van der Waals surface area (Å²) in [6.07, 6.45) is -17.2. The molecule has 0 radical (unpaired) electrons. The molecule has 25 atom stereocenters. The van der Waals surface area contributed by atoms with Gasteiger partial charge in [0.25, 0.3) is 0 Å². The first kappa shape index (κ1) is 51.9. The Kier molecular flexibility index (Phi) is 15.1. The van der Waals surface area contributed by atoms with Gasteiger partial charge in [-0.3, -0.25) is 0 Å². The molecule has 0 bridgehead atoms. The van der Waals surface area contributed by atoms with Gasteiger partial charge in [0.05, 0.1) is 43.7 Å². The van der Waals surface area contributed by atoms with E-state index < -0.39 is 145 Å². The molecule has 7 aliphatic rings. The molecule has 7 rings (SSSR count). The van der Waals surface area contributed by atoms with Crippen LogP contribution in [0.3, 0.4) is 0 Å². The van der Waals surface area contributed by atoms with E-state index in [4.69, 9.17) is 28.4 Å². The number of hydrogen-bond donors (Lipinski definition) is 12. The molecule has 4 aliphatic carbocycles. The van der Waals surface area contributed by atoms with Crippen LogP contribution in [0.25, 0.3) is 0 Å². The minimum Gasteiger partial charge on any atom is -0.394 e. The van der Waals surface area contributed by atoms with Gasteiger partial charge in [0, 0.05) is 0 Å². The minimum absolute atomic E-state index is 0.0828. The number of ether oxygens (including phenoxy) is 6.